The summed E-state index contributed by atoms with van der Waals surface area (Å²) in [6.07, 6.45) is 2.57. The highest BCUT2D eigenvalue weighted by atomic mass is 32.1. The van der Waals surface area contributed by atoms with Crippen LogP contribution < -0.4 is 5.32 Å². The van der Waals surface area contributed by atoms with Crippen molar-refractivity contribution in [3.8, 4) is 0 Å². The maximum Gasteiger partial charge on any atom is 0.342 e. The molecule has 0 amide bonds. The monoisotopic (exact) mass is 280 g/mol. The second-order valence-electron chi connectivity index (χ2n) is 3.43. The van der Waals surface area contributed by atoms with Gasteiger partial charge in [-0.1, -0.05) is 0 Å². The van der Waals surface area contributed by atoms with Crippen LogP contribution in [0.2, 0.25) is 0 Å². The zero-order valence-electron chi connectivity index (χ0n) is 9.44. The van der Waals surface area contributed by atoms with Gasteiger partial charge in [-0.25, -0.2) is 14.8 Å². The van der Waals surface area contributed by atoms with E-state index in [4.69, 9.17) is 5.11 Å². The second kappa shape index (κ2) is 5.40. The summed E-state index contributed by atoms with van der Waals surface area (Å²) in [6, 6.07) is 1.13. The van der Waals surface area contributed by atoms with Gasteiger partial charge in [-0.2, -0.15) is 0 Å². The standard InChI is InChI=1S/C10H8N4O4S/c15-10(16)6-3-8(12-4-7(6)14(17)18)13-5-9-11-1-2-19-9/h1-4H,5H2,(H,12,13)(H,15,16). The molecule has 0 spiro atoms. The first kappa shape index (κ1) is 12.9. The van der Waals surface area contributed by atoms with Crippen LogP contribution in [0.1, 0.15) is 15.4 Å². The lowest BCUT2D eigenvalue weighted by Gasteiger charge is -2.04. The van der Waals surface area contributed by atoms with Gasteiger partial charge >= 0.3 is 11.7 Å². The molecule has 9 heteroatoms. The van der Waals surface area contributed by atoms with Gasteiger partial charge < -0.3 is 10.4 Å². The SMILES string of the molecule is O=C(O)c1cc(NCc2nccs2)ncc1[N+](=O)[O-]. The number of hydrogen-bond acceptors (Lipinski definition) is 7. The topological polar surface area (TPSA) is 118 Å². The molecule has 0 saturated carbocycles. The highest BCUT2D eigenvalue weighted by Gasteiger charge is 2.20. The first-order chi connectivity index (χ1) is 9.08. The van der Waals surface area contributed by atoms with Crippen LogP contribution in [-0.4, -0.2) is 26.0 Å². The maximum atomic E-state index is 10.9. The Bertz CT molecular complexity index is 614. The third kappa shape index (κ3) is 3.01. The Labute approximate surface area is 110 Å². The van der Waals surface area contributed by atoms with E-state index in [0.717, 1.165) is 17.3 Å². The van der Waals surface area contributed by atoms with Gasteiger partial charge in [-0.3, -0.25) is 10.1 Å². The third-order valence-corrected chi connectivity index (χ3v) is 2.99. The average Bonchev–Trinajstić information content (AvgIpc) is 2.88. The molecule has 0 atom stereocenters. The fourth-order valence-electron chi connectivity index (χ4n) is 1.37. The smallest absolute Gasteiger partial charge is 0.342 e. The van der Waals surface area contributed by atoms with Crippen LogP contribution in [0.25, 0.3) is 0 Å². The van der Waals surface area contributed by atoms with Crippen LogP contribution in [0.5, 0.6) is 0 Å². The summed E-state index contributed by atoms with van der Waals surface area (Å²) in [5.74, 6) is -1.12. The molecule has 19 heavy (non-hydrogen) atoms. The van der Waals surface area contributed by atoms with Gasteiger partial charge in [0.15, 0.2) is 0 Å². The van der Waals surface area contributed by atoms with Crippen molar-refractivity contribution < 1.29 is 14.8 Å². The van der Waals surface area contributed by atoms with E-state index in [2.05, 4.69) is 15.3 Å². The lowest BCUT2D eigenvalue weighted by Crippen LogP contribution is -2.07. The van der Waals surface area contributed by atoms with E-state index in [1.165, 1.54) is 11.3 Å². The third-order valence-electron chi connectivity index (χ3n) is 2.21. The molecule has 0 aliphatic heterocycles. The van der Waals surface area contributed by atoms with Gasteiger partial charge in [-0.15, -0.1) is 11.3 Å². The van der Waals surface area contributed by atoms with Crippen LogP contribution in [0.3, 0.4) is 0 Å². The van der Waals surface area contributed by atoms with Crippen molar-refractivity contribution in [2.45, 2.75) is 6.54 Å². The molecule has 8 nitrogen and oxygen atoms in total. The molecule has 0 radical (unpaired) electrons. The number of hydrogen-bond donors (Lipinski definition) is 2. The molecular formula is C10H8N4O4S. The fraction of sp³-hybridized carbons (Fsp3) is 0.100. The average molecular weight is 280 g/mol. The molecule has 0 fully saturated rings. The number of carboxylic acids is 1. The first-order valence-electron chi connectivity index (χ1n) is 5.08. The summed E-state index contributed by atoms with van der Waals surface area (Å²) in [7, 11) is 0. The molecule has 2 rings (SSSR count). The predicted octanol–water partition coefficient (Wildman–Crippen LogP) is 1.76. The summed E-state index contributed by atoms with van der Waals surface area (Å²) >= 11 is 1.43. The predicted molar refractivity (Wildman–Crippen MR) is 67.3 cm³/mol. The Kier molecular flexibility index (Phi) is 3.66. The van der Waals surface area contributed by atoms with Crippen molar-refractivity contribution in [1.29, 1.82) is 0 Å². The zero-order valence-corrected chi connectivity index (χ0v) is 10.3. The maximum absolute atomic E-state index is 10.9. The summed E-state index contributed by atoms with van der Waals surface area (Å²) < 4.78 is 0. The highest BCUT2D eigenvalue weighted by Crippen LogP contribution is 2.20. The molecule has 0 aliphatic rings. The number of pyridine rings is 1. The number of carboxylic acid groups (broad SMARTS) is 1. The van der Waals surface area contributed by atoms with Crippen LogP contribution in [-0.2, 0) is 6.54 Å². The van der Waals surface area contributed by atoms with Crippen molar-refractivity contribution in [2.24, 2.45) is 0 Å². The molecule has 2 aromatic rings. The van der Waals surface area contributed by atoms with E-state index in [0.29, 0.717) is 6.54 Å². The fourth-order valence-corrected chi connectivity index (χ4v) is 1.92. The van der Waals surface area contributed by atoms with Gasteiger partial charge in [0.25, 0.3) is 0 Å². The molecule has 0 bridgehead atoms. The molecule has 0 aromatic carbocycles. The number of rotatable bonds is 5. The van der Waals surface area contributed by atoms with E-state index in [1.54, 1.807) is 6.20 Å². The van der Waals surface area contributed by atoms with E-state index in [1.807, 2.05) is 5.38 Å². The quantitative estimate of drug-likeness (QED) is 0.632. The van der Waals surface area contributed by atoms with Gasteiger partial charge in [0, 0.05) is 17.6 Å². The molecule has 98 valence electrons. The normalized spacial score (nSPS) is 10.1. The minimum atomic E-state index is -1.37. The highest BCUT2D eigenvalue weighted by molar-refractivity contribution is 7.09. The first-order valence-corrected chi connectivity index (χ1v) is 5.96. The molecule has 0 aliphatic carbocycles. The number of nitrogens with one attached hydrogen (secondary N) is 1. The summed E-state index contributed by atoms with van der Waals surface area (Å²) in [5.41, 5.74) is -0.936. The van der Waals surface area contributed by atoms with Gasteiger partial charge in [0.2, 0.25) is 0 Å². The van der Waals surface area contributed by atoms with Crippen LogP contribution >= 0.6 is 11.3 Å². The van der Waals surface area contributed by atoms with Crippen molar-refractivity contribution >= 4 is 28.8 Å². The minimum Gasteiger partial charge on any atom is -0.477 e. The number of anilines is 1. The van der Waals surface area contributed by atoms with Gasteiger partial charge in [-0.05, 0) is 0 Å². The number of carbonyl (C=O) groups is 1. The van der Waals surface area contributed by atoms with Gasteiger partial charge in [0.1, 0.15) is 22.6 Å². The van der Waals surface area contributed by atoms with Gasteiger partial charge in [0.05, 0.1) is 11.5 Å². The Morgan fingerprint density at radius 2 is 2.32 bits per heavy atom. The Morgan fingerprint density at radius 3 is 2.89 bits per heavy atom. The zero-order chi connectivity index (χ0) is 13.8. The summed E-state index contributed by atoms with van der Waals surface area (Å²) in [4.78, 5) is 28.7. The van der Waals surface area contributed by atoms with Crippen molar-refractivity contribution in [1.82, 2.24) is 9.97 Å². The van der Waals surface area contributed by atoms with E-state index in [9.17, 15) is 14.9 Å². The van der Waals surface area contributed by atoms with E-state index in [-0.39, 0.29) is 5.82 Å². The van der Waals surface area contributed by atoms with Crippen molar-refractivity contribution in [3.63, 3.8) is 0 Å². The largest absolute Gasteiger partial charge is 0.477 e. The Morgan fingerprint density at radius 1 is 1.53 bits per heavy atom. The molecule has 2 N–H and O–H groups in total. The lowest BCUT2D eigenvalue weighted by molar-refractivity contribution is -0.385. The molecule has 2 heterocycles. The van der Waals surface area contributed by atoms with Crippen LogP contribution in [0, 0.1) is 10.1 Å². The number of thiazole rings is 1. The van der Waals surface area contributed by atoms with Crippen molar-refractivity contribution in [2.75, 3.05) is 5.32 Å². The van der Waals surface area contributed by atoms with Crippen LogP contribution in [0.4, 0.5) is 11.5 Å². The lowest BCUT2D eigenvalue weighted by atomic mass is 10.2. The van der Waals surface area contributed by atoms with Crippen molar-refractivity contribution in [3.05, 3.63) is 44.5 Å². The van der Waals surface area contributed by atoms with E-state index < -0.39 is 22.1 Å². The minimum absolute atomic E-state index is 0.248. The number of nitro groups is 1. The Hall–Kier alpha value is -2.55. The second-order valence-corrected chi connectivity index (χ2v) is 4.41. The Balaban J connectivity index is 2.20. The molecule has 0 saturated heterocycles. The molecular weight excluding hydrogens is 272 g/mol. The molecule has 0 unspecified atom stereocenters. The molecule has 2 aromatic heterocycles. The summed E-state index contributed by atoms with van der Waals surface area (Å²) in [5, 5.41) is 25.0. The number of aromatic nitrogens is 2. The van der Waals surface area contributed by atoms with Crippen LogP contribution in [0.15, 0.2) is 23.8 Å². The summed E-state index contributed by atoms with van der Waals surface area (Å²) in [6.45, 7) is 0.377. The number of aromatic carboxylic acids is 1. The number of nitrogens with zero attached hydrogens (tertiary/aromatic N) is 3. The van der Waals surface area contributed by atoms with E-state index >= 15 is 0 Å².